The minimum atomic E-state index is -0.611. The Kier molecular flexibility index (Phi) is 3.46. The summed E-state index contributed by atoms with van der Waals surface area (Å²) in [4.78, 5) is 0. The molecule has 0 unspecified atom stereocenters. The lowest BCUT2D eigenvalue weighted by Crippen LogP contribution is -2.00. The van der Waals surface area contributed by atoms with Crippen LogP contribution < -0.4 is 5.32 Å². The molecule has 0 bridgehead atoms. The summed E-state index contributed by atoms with van der Waals surface area (Å²) in [5.41, 5.74) is 1.95. The van der Waals surface area contributed by atoms with Gasteiger partial charge in [0.05, 0.1) is 5.69 Å². The Morgan fingerprint density at radius 3 is 2.33 bits per heavy atom. The van der Waals surface area contributed by atoms with Crippen molar-refractivity contribution in [1.29, 1.82) is 0 Å². The molecule has 94 valence electrons. The monoisotopic (exact) mass is 249 g/mol. The fraction of sp³-hybridized carbons (Fsp3) is 0.143. The number of anilines is 1. The Hall–Kier alpha value is -2.10. The van der Waals surface area contributed by atoms with Crippen molar-refractivity contribution in [3.63, 3.8) is 0 Å². The lowest BCUT2D eigenvalue weighted by atomic mass is 10.2. The summed E-state index contributed by atoms with van der Waals surface area (Å²) < 4.78 is 25.9. The summed E-state index contributed by atoms with van der Waals surface area (Å²) in [5.74, 6) is -1.10. The minimum absolute atomic E-state index is 0.117. The van der Waals surface area contributed by atoms with Crippen molar-refractivity contribution in [2.45, 2.75) is 13.5 Å². The molecule has 0 fully saturated rings. The number of halogens is 2. The highest BCUT2D eigenvalue weighted by Crippen LogP contribution is 2.24. The number of aryl methyl sites for hydroxylation is 1. The third kappa shape index (κ3) is 2.97. The van der Waals surface area contributed by atoms with E-state index in [1.807, 2.05) is 13.0 Å². The lowest BCUT2D eigenvalue weighted by molar-refractivity contribution is 0.476. The molecule has 0 saturated carbocycles. The number of hydrogen-bond donors (Lipinski definition) is 2. The van der Waals surface area contributed by atoms with E-state index in [0.29, 0.717) is 11.3 Å². The van der Waals surface area contributed by atoms with Gasteiger partial charge in [0.25, 0.3) is 0 Å². The van der Waals surface area contributed by atoms with E-state index in [4.69, 9.17) is 0 Å². The summed E-state index contributed by atoms with van der Waals surface area (Å²) in [7, 11) is 0. The first-order valence-electron chi connectivity index (χ1n) is 5.53. The van der Waals surface area contributed by atoms with Gasteiger partial charge >= 0.3 is 0 Å². The number of phenolic OH excluding ortho intramolecular Hbond substituents is 1. The van der Waals surface area contributed by atoms with E-state index in [2.05, 4.69) is 5.32 Å². The number of hydrogen-bond acceptors (Lipinski definition) is 2. The molecule has 2 N–H and O–H groups in total. The molecule has 2 rings (SSSR count). The predicted octanol–water partition coefficient (Wildman–Crippen LogP) is 3.59. The quantitative estimate of drug-likeness (QED) is 0.815. The maximum Gasteiger partial charge on any atom is 0.138 e. The van der Waals surface area contributed by atoms with Crippen LogP contribution in [-0.4, -0.2) is 5.11 Å². The third-order valence-electron chi connectivity index (χ3n) is 2.56. The maximum absolute atomic E-state index is 13.0. The topological polar surface area (TPSA) is 32.3 Å². The first-order valence-corrected chi connectivity index (χ1v) is 5.53. The molecule has 0 aromatic heterocycles. The van der Waals surface area contributed by atoms with Crippen molar-refractivity contribution in [3.8, 4) is 5.75 Å². The summed E-state index contributed by atoms with van der Waals surface area (Å²) in [6.45, 7) is 2.11. The van der Waals surface area contributed by atoms with Gasteiger partial charge in [-0.05, 0) is 42.3 Å². The van der Waals surface area contributed by atoms with Gasteiger partial charge in [-0.15, -0.1) is 0 Å². The predicted molar refractivity (Wildman–Crippen MR) is 66.5 cm³/mol. The largest absolute Gasteiger partial charge is 0.506 e. The molecule has 2 nitrogen and oxygen atoms in total. The number of nitrogens with one attached hydrogen (secondary N) is 1. The SMILES string of the molecule is Cc1ccc(NCc2cc(F)cc(F)c2)c(O)c1. The van der Waals surface area contributed by atoms with Crippen LogP contribution in [-0.2, 0) is 6.54 Å². The summed E-state index contributed by atoms with van der Waals surface area (Å²) in [6, 6.07) is 8.51. The first-order chi connectivity index (χ1) is 8.54. The molecule has 4 heteroatoms. The van der Waals surface area contributed by atoms with Crippen molar-refractivity contribution >= 4 is 5.69 Å². The molecule has 0 aliphatic carbocycles. The minimum Gasteiger partial charge on any atom is -0.506 e. The molecule has 2 aromatic carbocycles. The molecule has 0 aliphatic rings. The van der Waals surface area contributed by atoms with Crippen LogP contribution >= 0.6 is 0 Å². The lowest BCUT2D eigenvalue weighted by Gasteiger charge is -2.09. The Labute approximate surface area is 104 Å². The average Bonchev–Trinajstić information content (AvgIpc) is 2.26. The number of phenols is 1. The molecule has 18 heavy (non-hydrogen) atoms. The Morgan fingerprint density at radius 2 is 1.72 bits per heavy atom. The molecule has 0 saturated heterocycles. The van der Waals surface area contributed by atoms with Gasteiger partial charge in [-0.1, -0.05) is 6.07 Å². The van der Waals surface area contributed by atoms with Gasteiger partial charge in [-0.25, -0.2) is 8.78 Å². The van der Waals surface area contributed by atoms with Crippen LogP contribution in [0.25, 0.3) is 0 Å². The highest BCUT2D eigenvalue weighted by Gasteiger charge is 2.03. The summed E-state index contributed by atoms with van der Waals surface area (Å²) in [6.07, 6.45) is 0. The zero-order valence-corrected chi connectivity index (χ0v) is 9.87. The van der Waals surface area contributed by atoms with E-state index in [-0.39, 0.29) is 12.3 Å². The Balaban J connectivity index is 2.11. The second-order valence-corrected chi connectivity index (χ2v) is 4.15. The van der Waals surface area contributed by atoms with Gasteiger partial charge in [0.1, 0.15) is 17.4 Å². The maximum atomic E-state index is 13.0. The summed E-state index contributed by atoms with van der Waals surface area (Å²) >= 11 is 0. The van der Waals surface area contributed by atoms with E-state index < -0.39 is 11.6 Å². The number of aromatic hydroxyl groups is 1. The van der Waals surface area contributed by atoms with E-state index in [9.17, 15) is 13.9 Å². The van der Waals surface area contributed by atoms with Crippen molar-refractivity contribution in [3.05, 3.63) is 59.2 Å². The van der Waals surface area contributed by atoms with Gasteiger partial charge < -0.3 is 10.4 Å². The fourth-order valence-electron chi connectivity index (χ4n) is 1.70. The zero-order valence-electron chi connectivity index (χ0n) is 9.87. The summed E-state index contributed by atoms with van der Waals surface area (Å²) in [5, 5.41) is 12.6. The van der Waals surface area contributed by atoms with Crippen LogP contribution in [0.2, 0.25) is 0 Å². The molecule has 2 aromatic rings. The van der Waals surface area contributed by atoms with E-state index >= 15 is 0 Å². The van der Waals surface area contributed by atoms with Crippen molar-refractivity contribution in [1.82, 2.24) is 0 Å². The second-order valence-electron chi connectivity index (χ2n) is 4.15. The Bertz CT molecular complexity index is 549. The molecular weight excluding hydrogens is 236 g/mol. The van der Waals surface area contributed by atoms with Crippen LogP contribution in [0.3, 0.4) is 0 Å². The number of benzene rings is 2. The molecular formula is C14H13F2NO. The van der Waals surface area contributed by atoms with Crippen LogP contribution in [0, 0.1) is 18.6 Å². The van der Waals surface area contributed by atoms with Crippen molar-refractivity contribution < 1.29 is 13.9 Å². The van der Waals surface area contributed by atoms with Gasteiger partial charge in [0.15, 0.2) is 0 Å². The van der Waals surface area contributed by atoms with E-state index in [1.165, 1.54) is 12.1 Å². The highest BCUT2D eigenvalue weighted by molar-refractivity contribution is 5.56. The molecule has 0 radical (unpaired) electrons. The number of rotatable bonds is 3. The van der Waals surface area contributed by atoms with Crippen LogP contribution in [0.4, 0.5) is 14.5 Å². The first kappa shape index (κ1) is 12.4. The van der Waals surface area contributed by atoms with Gasteiger partial charge in [-0.2, -0.15) is 0 Å². The van der Waals surface area contributed by atoms with Crippen LogP contribution in [0.15, 0.2) is 36.4 Å². The van der Waals surface area contributed by atoms with E-state index in [0.717, 1.165) is 11.6 Å². The van der Waals surface area contributed by atoms with Gasteiger partial charge in [0, 0.05) is 12.6 Å². The average molecular weight is 249 g/mol. The highest BCUT2D eigenvalue weighted by atomic mass is 19.1. The van der Waals surface area contributed by atoms with Crippen LogP contribution in [0.5, 0.6) is 5.75 Å². The molecule has 0 heterocycles. The smallest absolute Gasteiger partial charge is 0.138 e. The van der Waals surface area contributed by atoms with Crippen LogP contribution in [0.1, 0.15) is 11.1 Å². The van der Waals surface area contributed by atoms with Crippen molar-refractivity contribution in [2.24, 2.45) is 0 Å². The van der Waals surface area contributed by atoms with Gasteiger partial charge in [0.2, 0.25) is 0 Å². The van der Waals surface area contributed by atoms with Crippen molar-refractivity contribution in [2.75, 3.05) is 5.32 Å². The van der Waals surface area contributed by atoms with Gasteiger partial charge in [-0.3, -0.25) is 0 Å². The Morgan fingerprint density at radius 1 is 1.06 bits per heavy atom. The molecule has 0 amide bonds. The van der Waals surface area contributed by atoms with E-state index in [1.54, 1.807) is 12.1 Å². The fourth-order valence-corrected chi connectivity index (χ4v) is 1.70. The second kappa shape index (κ2) is 5.04. The molecule has 0 atom stereocenters. The third-order valence-corrected chi connectivity index (χ3v) is 2.56. The standard InChI is InChI=1S/C14H13F2NO/c1-9-2-3-13(14(18)4-9)17-8-10-5-11(15)7-12(16)6-10/h2-7,17-18H,8H2,1H3. The molecule has 0 spiro atoms. The zero-order chi connectivity index (χ0) is 13.1. The molecule has 0 aliphatic heterocycles. The normalized spacial score (nSPS) is 10.4.